The molecule has 49 heavy (non-hydrogen) atoms. The average Bonchev–Trinajstić information content (AvgIpc) is 3.74. The van der Waals surface area contributed by atoms with Crippen molar-refractivity contribution in [2.24, 2.45) is 0 Å². The summed E-state index contributed by atoms with van der Waals surface area (Å²) in [6.07, 6.45) is 6.64. The van der Waals surface area contributed by atoms with Crippen molar-refractivity contribution in [1.29, 1.82) is 0 Å². The van der Waals surface area contributed by atoms with E-state index >= 15 is 0 Å². The summed E-state index contributed by atoms with van der Waals surface area (Å²) < 4.78 is 9.05. The smallest absolute Gasteiger partial charge is 0.135 e. The van der Waals surface area contributed by atoms with Gasteiger partial charge in [0.1, 0.15) is 11.2 Å². The van der Waals surface area contributed by atoms with E-state index in [0.29, 0.717) is 5.92 Å². The molecule has 0 N–H and O–H groups in total. The fraction of sp³-hybridized carbons (Fsp3) is 0.130. The zero-order chi connectivity index (χ0) is 32.3. The summed E-state index contributed by atoms with van der Waals surface area (Å²) >= 11 is 1.98. The molecule has 2 heterocycles. The average molecular weight is 650 g/mol. The lowest BCUT2D eigenvalue weighted by Gasteiger charge is -2.26. The molecule has 3 heteroatoms. The van der Waals surface area contributed by atoms with Crippen molar-refractivity contribution in [3.63, 3.8) is 0 Å². The zero-order valence-corrected chi connectivity index (χ0v) is 28.0. The Morgan fingerprint density at radius 3 is 2.06 bits per heavy atom. The van der Waals surface area contributed by atoms with Crippen LogP contribution in [0.25, 0.3) is 64.0 Å². The van der Waals surface area contributed by atoms with Crippen LogP contribution in [-0.2, 0) is 0 Å². The maximum Gasteiger partial charge on any atom is 0.135 e. The lowest BCUT2D eigenvalue weighted by Crippen LogP contribution is -2.10. The second-order valence-electron chi connectivity index (χ2n) is 13.5. The van der Waals surface area contributed by atoms with Crippen molar-refractivity contribution in [1.82, 2.24) is 0 Å². The first-order chi connectivity index (χ1) is 24.3. The molecule has 0 amide bonds. The Balaban J connectivity index is 1.18. The summed E-state index contributed by atoms with van der Waals surface area (Å²) in [5.41, 5.74) is 9.30. The van der Waals surface area contributed by atoms with Crippen LogP contribution in [0.4, 0.5) is 17.1 Å². The molecule has 0 spiro atoms. The van der Waals surface area contributed by atoms with Gasteiger partial charge in [0.15, 0.2) is 0 Å². The van der Waals surface area contributed by atoms with Gasteiger partial charge in [-0.2, -0.15) is 0 Å². The molecule has 0 atom stereocenters. The minimum atomic E-state index is 0.656. The van der Waals surface area contributed by atoms with Gasteiger partial charge < -0.3 is 9.32 Å². The fourth-order valence-electron chi connectivity index (χ4n) is 8.29. The monoisotopic (exact) mass is 649 g/mol. The van der Waals surface area contributed by atoms with E-state index in [1.54, 1.807) is 5.56 Å². The minimum absolute atomic E-state index is 0.656. The molecule has 1 aliphatic rings. The number of nitrogens with zero attached hydrogens (tertiary/aromatic N) is 1. The summed E-state index contributed by atoms with van der Waals surface area (Å²) in [6, 6.07) is 53.2. The third kappa shape index (κ3) is 4.75. The first kappa shape index (κ1) is 28.6. The van der Waals surface area contributed by atoms with Gasteiger partial charge in [0, 0.05) is 37.6 Å². The van der Waals surface area contributed by atoms with E-state index in [1.807, 2.05) is 17.4 Å². The zero-order valence-electron chi connectivity index (χ0n) is 27.2. The Labute approximate surface area is 289 Å². The Morgan fingerprint density at radius 1 is 0.510 bits per heavy atom. The van der Waals surface area contributed by atoms with Gasteiger partial charge in [0.25, 0.3) is 0 Å². The van der Waals surface area contributed by atoms with Gasteiger partial charge in [0.05, 0.1) is 10.4 Å². The first-order valence-electron chi connectivity index (χ1n) is 17.5. The van der Waals surface area contributed by atoms with Gasteiger partial charge in [-0.05, 0) is 88.7 Å². The molecule has 7 aromatic carbocycles. The van der Waals surface area contributed by atoms with E-state index in [4.69, 9.17) is 4.42 Å². The number of anilines is 3. The molecule has 0 aliphatic heterocycles. The maximum absolute atomic E-state index is 6.26. The standard InChI is InChI=1S/C46H35NOS/c1-2-11-31(12-3-1)37-18-9-19-39-40-20-10-21-42(46(40)49-45(37)39)47(34-27-28-44-41(29-34)38-16-6-7-22-43(38)48-44)33-25-23-32(24-26-33)36-17-8-14-30-13-4-5-15-35(30)36/h4-10,13-29,31H,1-3,11-12H2. The Bertz CT molecular complexity index is 2650. The number of para-hydroxylation sites is 1. The molecule has 0 saturated heterocycles. The molecule has 10 rings (SSSR count). The molecular weight excluding hydrogens is 615 g/mol. The number of furan rings is 1. The van der Waals surface area contributed by atoms with E-state index < -0.39 is 0 Å². The molecule has 0 bridgehead atoms. The van der Waals surface area contributed by atoms with Gasteiger partial charge in [-0.25, -0.2) is 0 Å². The number of thiophene rings is 1. The molecule has 2 nitrogen and oxygen atoms in total. The maximum atomic E-state index is 6.26. The van der Waals surface area contributed by atoms with Crippen molar-refractivity contribution in [2.45, 2.75) is 38.0 Å². The highest BCUT2D eigenvalue weighted by Gasteiger charge is 2.23. The number of hydrogen-bond acceptors (Lipinski definition) is 3. The molecule has 2 aromatic heterocycles. The third-order valence-corrected chi connectivity index (χ3v) is 12.0. The molecule has 236 valence electrons. The van der Waals surface area contributed by atoms with Crippen LogP contribution < -0.4 is 4.90 Å². The van der Waals surface area contributed by atoms with Gasteiger partial charge >= 0.3 is 0 Å². The van der Waals surface area contributed by atoms with Crippen LogP contribution in [0.15, 0.2) is 150 Å². The van der Waals surface area contributed by atoms with E-state index in [-0.39, 0.29) is 0 Å². The van der Waals surface area contributed by atoms with E-state index in [9.17, 15) is 0 Å². The topological polar surface area (TPSA) is 16.4 Å². The number of rotatable bonds is 5. The molecule has 9 aromatic rings. The van der Waals surface area contributed by atoms with Crippen molar-refractivity contribution < 1.29 is 4.42 Å². The van der Waals surface area contributed by atoms with Gasteiger partial charge in [-0.15, -0.1) is 11.3 Å². The molecular formula is C46H35NOS. The lowest BCUT2D eigenvalue weighted by molar-refractivity contribution is 0.446. The molecule has 0 unspecified atom stereocenters. The Morgan fingerprint density at radius 2 is 1.18 bits per heavy atom. The Hall–Kier alpha value is -5.38. The normalized spacial score (nSPS) is 14.0. The number of fused-ring (bicyclic) bond motifs is 7. The van der Waals surface area contributed by atoms with Gasteiger partial charge in [-0.3, -0.25) is 0 Å². The summed E-state index contributed by atoms with van der Waals surface area (Å²) in [7, 11) is 0. The van der Waals surface area contributed by atoms with Crippen molar-refractivity contribution >= 4 is 81.3 Å². The molecule has 0 radical (unpaired) electrons. The third-order valence-electron chi connectivity index (χ3n) is 10.7. The highest BCUT2D eigenvalue weighted by Crippen LogP contribution is 2.48. The molecule has 1 fully saturated rings. The fourth-order valence-corrected chi connectivity index (χ4v) is 9.68. The van der Waals surface area contributed by atoms with Crippen molar-refractivity contribution in [3.05, 3.63) is 151 Å². The van der Waals surface area contributed by atoms with Crippen LogP contribution in [0.3, 0.4) is 0 Å². The minimum Gasteiger partial charge on any atom is -0.456 e. The Kier molecular flexibility index (Phi) is 6.80. The number of hydrogen-bond donors (Lipinski definition) is 0. The van der Waals surface area contributed by atoms with Crippen molar-refractivity contribution in [3.8, 4) is 11.1 Å². The predicted octanol–water partition coefficient (Wildman–Crippen LogP) is 14.3. The van der Waals surface area contributed by atoms with Gasteiger partial charge in [-0.1, -0.05) is 122 Å². The van der Waals surface area contributed by atoms with Crippen molar-refractivity contribution in [2.75, 3.05) is 4.90 Å². The summed E-state index contributed by atoms with van der Waals surface area (Å²) in [4.78, 5) is 2.45. The second-order valence-corrected chi connectivity index (χ2v) is 14.5. The molecule has 1 aliphatic carbocycles. The van der Waals surface area contributed by atoms with Crippen LogP contribution in [0.1, 0.15) is 43.6 Å². The second kappa shape index (κ2) is 11.6. The van der Waals surface area contributed by atoms with E-state index in [0.717, 1.165) is 33.3 Å². The highest BCUT2D eigenvalue weighted by atomic mass is 32.1. The predicted molar refractivity (Wildman–Crippen MR) is 210 cm³/mol. The SMILES string of the molecule is c1ccc2c(-c3ccc(N(c4ccc5oc6ccccc6c5c4)c4cccc5c4sc4c(C6CCCCC6)cccc45)cc3)cccc2c1. The summed E-state index contributed by atoms with van der Waals surface area (Å²) in [5, 5.41) is 7.53. The van der Waals surface area contributed by atoms with Crippen LogP contribution in [0, 0.1) is 0 Å². The molecule has 1 saturated carbocycles. The largest absolute Gasteiger partial charge is 0.456 e. The van der Waals surface area contributed by atoms with Crippen LogP contribution in [0.2, 0.25) is 0 Å². The lowest BCUT2D eigenvalue weighted by atomic mass is 9.84. The summed E-state index contributed by atoms with van der Waals surface area (Å²) in [6.45, 7) is 0. The quantitative estimate of drug-likeness (QED) is 0.184. The summed E-state index contributed by atoms with van der Waals surface area (Å²) in [5.74, 6) is 0.656. The van der Waals surface area contributed by atoms with Crippen LogP contribution >= 0.6 is 11.3 Å². The van der Waals surface area contributed by atoms with E-state index in [1.165, 1.54) is 79.9 Å². The number of benzene rings is 7. The van der Waals surface area contributed by atoms with Crippen LogP contribution in [-0.4, -0.2) is 0 Å². The van der Waals surface area contributed by atoms with Crippen LogP contribution in [0.5, 0.6) is 0 Å². The highest BCUT2D eigenvalue weighted by molar-refractivity contribution is 7.26. The first-order valence-corrected chi connectivity index (χ1v) is 18.4. The van der Waals surface area contributed by atoms with E-state index in [2.05, 4.69) is 144 Å². The van der Waals surface area contributed by atoms with Gasteiger partial charge in [0.2, 0.25) is 0 Å².